The van der Waals surface area contributed by atoms with Crippen LogP contribution < -0.4 is 5.32 Å². The van der Waals surface area contributed by atoms with E-state index in [0.29, 0.717) is 16.3 Å². The zero-order valence-electron chi connectivity index (χ0n) is 13.7. The van der Waals surface area contributed by atoms with Crippen molar-refractivity contribution in [3.8, 4) is 11.1 Å². The minimum atomic E-state index is -0.248. The van der Waals surface area contributed by atoms with E-state index in [-0.39, 0.29) is 5.91 Å². The van der Waals surface area contributed by atoms with Crippen LogP contribution in [0.25, 0.3) is 16.8 Å². The molecule has 124 valence electrons. The molecule has 0 saturated heterocycles. The van der Waals surface area contributed by atoms with Crippen LogP contribution in [0.1, 0.15) is 21.6 Å². The quantitative estimate of drug-likeness (QED) is 0.612. The number of nitrogens with one attached hydrogen (secondary N) is 1. The lowest BCUT2D eigenvalue weighted by Crippen LogP contribution is -2.13. The minimum Gasteiger partial charge on any atom is -0.298 e. The Morgan fingerprint density at radius 2 is 2.08 bits per heavy atom. The van der Waals surface area contributed by atoms with Gasteiger partial charge in [-0.25, -0.2) is 4.98 Å². The average Bonchev–Trinajstić information content (AvgIpc) is 3.22. The summed E-state index contributed by atoms with van der Waals surface area (Å²) in [5.74, 6) is -0.248. The van der Waals surface area contributed by atoms with Gasteiger partial charge in [-0.3, -0.25) is 14.5 Å². The van der Waals surface area contributed by atoms with Crippen molar-refractivity contribution in [2.75, 3.05) is 5.32 Å². The summed E-state index contributed by atoms with van der Waals surface area (Å²) in [7, 11) is 0. The molecule has 6 nitrogen and oxygen atoms in total. The van der Waals surface area contributed by atoms with Gasteiger partial charge < -0.3 is 0 Å². The molecular formula is C18H15N5OS. The maximum Gasteiger partial charge on any atom is 0.261 e. The van der Waals surface area contributed by atoms with E-state index in [1.54, 1.807) is 10.7 Å². The highest BCUT2D eigenvalue weighted by Crippen LogP contribution is 2.24. The number of aryl methyl sites for hydroxylation is 2. The molecule has 25 heavy (non-hydrogen) atoms. The highest BCUT2D eigenvalue weighted by molar-refractivity contribution is 7.13. The first-order valence-electron chi connectivity index (χ1n) is 7.74. The number of anilines is 1. The zero-order chi connectivity index (χ0) is 17.4. The van der Waals surface area contributed by atoms with Gasteiger partial charge in [0.15, 0.2) is 10.8 Å². The average molecular weight is 349 g/mol. The van der Waals surface area contributed by atoms with Crippen LogP contribution >= 0.6 is 11.3 Å². The summed E-state index contributed by atoms with van der Waals surface area (Å²) in [5, 5.41) is 13.3. The van der Waals surface area contributed by atoms with Crippen molar-refractivity contribution in [3.63, 3.8) is 0 Å². The molecule has 0 saturated carbocycles. The molecule has 0 aliphatic rings. The van der Waals surface area contributed by atoms with Gasteiger partial charge in [0.1, 0.15) is 6.33 Å². The molecule has 7 heteroatoms. The highest BCUT2D eigenvalue weighted by Gasteiger charge is 2.16. The molecule has 1 N–H and O–H groups in total. The van der Waals surface area contributed by atoms with Crippen LogP contribution in [0.5, 0.6) is 0 Å². The lowest BCUT2D eigenvalue weighted by Gasteiger charge is -2.08. The fourth-order valence-electron chi connectivity index (χ4n) is 2.66. The molecule has 0 atom stereocenters. The first-order chi connectivity index (χ1) is 12.1. The third-order valence-electron chi connectivity index (χ3n) is 3.83. The number of carbonyl (C=O) groups excluding carboxylic acids is 1. The molecule has 4 rings (SSSR count). The molecule has 0 fully saturated rings. The van der Waals surface area contributed by atoms with E-state index < -0.39 is 0 Å². The molecule has 4 aromatic rings. The third kappa shape index (κ3) is 3.01. The van der Waals surface area contributed by atoms with Crippen LogP contribution in [0.3, 0.4) is 0 Å². The van der Waals surface area contributed by atoms with E-state index in [4.69, 9.17) is 0 Å². The smallest absolute Gasteiger partial charge is 0.261 e. The highest BCUT2D eigenvalue weighted by atomic mass is 32.1. The standard InChI is InChI=1S/C18H15N5OS/c1-11-4-3-5-13(6-11)14-7-15(16-22-19-10-23(16)8-14)17(24)21-18-20-12(2)9-25-18/h3-10H,1-2H3,(H,20,21,24). The van der Waals surface area contributed by atoms with Crippen LogP contribution in [-0.2, 0) is 0 Å². The molecular weight excluding hydrogens is 334 g/mol. The SMILES string of the molecule is Cc1cccc(-c2cc(C(=O)Nc3nc(C)cs3)c3nncn3c2)c1. The number of fused-ring (bicyclic) bond motifs is 1. The number of hydrogen-bond acceptors (Lipinski definition) is 5. The normalized spacial score (nSPS) is 11.0. The van der Waals surface area contributed by atoms with Crippen molar-refractivity contribution in [1.29, 1.82) is 0 Å². The van der Waals surface area contributed by atoms with Crippen molar-refractivity contribution in [2.45, 2.75) is 13.8 Å². The fourth-order valence-corrected chi connectivity index (χ4v) is 3.35. The van der Waals surface area contributed by atoms with Gasteiger partial charge in [-0.1, -0.05) is 29.8 Å². The van der Waals surface area contributed by atoms with Gasteiger partial charge in [-0.2, -0.15) is 0 Å². The molecule has 3 aromatic heterocycles. The van der Waals surface area contributed by atoms with Crippen LogP contribution in [0, 0.1) is 13.8 Å². The van der Waals surface area contributed by atoms with E-state index >= 15 is 0 Å². The lowest BCUT2D eigenvalue weighted by molar-refractivity contribution is 0.102. The molecule has 0 aliphatic heterocycles. The van der Waals surface area contributed by atoms with Gasteiger partial charge in [0.2, 0.25) is 0 Å². The van der Waals surface area contributed by atoms with Gasteiger partial charge in [-0.15, -0.1) is 21.5 Å². The summed E-state index contributed by atoms with van der Waals surface area (Å²) < 4.78 is 1.76. The van der Waals surface area contributed by atoms with Crippen molar-refractivity contribution in [2.24, 2.45) is 0 Å². The molecule has 1 aromatic carbocycles. The number of aromatic nitrogens is 4. The van der Waals surface area contributed by atoms with E-state index in [2.05, 4.69) is 26.6 Å². The number of thiazole rings is 1. The Morgan fingerprint density at radius 1 is 1.20 bits per heavy atom. The van der Waals surface area contributed by atoms with E-state index in [9.17, 15) is 4.79 Å². The minimum absolute atomic E-state index is 0.248. The van der Waals surface area contributed by atoms with Crippen molar-refractivity contribution in [1.82, 2.24) is 19.6 Å². The summed E-state index contributed by atoms with van der Waals surface area (Å²) in [5.41, 5.74) is 4.98. The number of benzene rings is 1. The van der Waals surface area contributed by atoms with E-state index in [0.717, 1.165) is 22.4 Å². The second kappa shape index (κ2) is 6.10. The Bertz CT molecular complexity index is 1080. The molecule has 1 amide bonds. The van der Waals surface area contributed by atoms with Gasteiger partial charge >= 0.3 is 0 Å². The maximum absolute atomic E-state index is 12.8. The molecule has 0 unspecified atom stereocenters. The molecule has 3 heterocycles. The van der Waals surface area contributed by atoms with Gasteiger partial charge in [-0.05, 0) is 31.0 Å². The molecule has 0 spiro atoms. The predicted octanol–water partition coefficient (Wildman–Crippen LogP) is 3.72. The van der Waals surface area contributed by atoms with Crippen LogP contribution in [0.4, 0.5) is 5.13 Å². The number of carbonyl (C=O) groups is 1. The fraction of sp³-hybridized carbons (Fsp3) is 0.111. The topological polar surface area (TPSA) is 72.2 Å². The second-order valence-electron chi connectivity index (χ2n) is 5.82. The number of amides is 1. The Hall–Kier alpha value is -3.06. The number of pyridine rings is 1. The molecule has 0 bridgehead atoms. The van der Waals surface area contributed by atoms with Gasteiger partial charge in [0, 0.05) is 11.6 Å². The van der Waals surface area contributed by atoms with Crippen LogP contribution in [0.2, 0.25) is 0 Å². The van der Waals surface area contributed by atoms with Crippen molar-refractivity contribution >= 4 is 28.0 Å². The summed E-state index contributed by atoms with van der Waals surface area (Å²) >= 11 is 1.40. The van der Waals surface area contributed by atoms with Gasteiger partial charge in [0.05, 0.1) is 11.3 Å². The first kappa shape index (κ1) is 15.5. The van der Waals surface area contributed by atoms with Crippen molar-refractivity contribution in [3.05, 3.63) is 65.1 Å². The number of hydrogen-bond donors (Lipinski definition) is 1. The Kier molecular flexibility index (Phi) is 3.77. The van der Waals surface area contributed by atoms with Crippen LogP contribution in [0.15, 0.2) is 48.2 Å². The van der Waals surface area contributed by atoms with Crippen molar-refractivity contribution < 1.29 is 4.79 Å². The number of rotatable bonds is 3. The van der Waals surface area contributed by atoms with Gasteiger partial charge in [0.25, 0.3) is 5.91 Å². The predicted molar refractivity (Wildman–Crippen MR) is 98.0 cm³/mol. The Balaban J connectivity index is 1.79. The monoisotopic (exact) mass is 349 g/mol. The first-order valence-corrected chi connectivity index (χ1v) is 8.62. The molecule has 0 aliphatic carbocycles. The lowest BCUT2D eigenvalue weighted by atomic mass is 10.0. The largest absolute Gasteiger partial charge is 0.298 e. The van der Waals surface area contributed by atoms with E-state index in [1.807, 2.05) is 49.7 Å². The Morgan fingerprint density at radius 3 is 2.84 bits per heavy atom. The zero-order valence-corrected chi connectivity index (χ0v) is 14.5. The third-order valence-corrected chi connectivity index (χ3v) is 4.70. The van der Waals surface area contributed by atoms with Crippen LogP contribution in [-0.4, -0.2) is 25.5 Å². The molecule has 0 radical (unpaired) electrons. The summed E-state index contributed by atoms with van der Waals surface area (Å²) in [6.07, 6.45) is 3.52. The summed E-state index contributed by atoms with van der Waals surface area (Å²) in [6, 6.07) is 9.98. The summed E-state index contributed by atoms with van der Waals surface area (Å²) in [6.45, 7) is 3.93. The maximum atomic E-state index is 12.8. The number of nitrogens with zero attached hydrogens (tertiary/aromatic N) is 4. The summed E-state index contributed by atoms with van der Waals surface area (Å²) in [4.78, 5) is 17.0. The Labute approximate surface area is 148 Å². The van der Waals surface area contributed by atoms with E-state index in [1.165, 1.54) is 11.3 Å². The second-order valence-corrected chi connectivity index (χ2v) is 6.68.